The van der Waals surface area contributed by atoms with Crippen molar-refractivity contribution >= 4 is 29.0 Å². The Hall–Kier alpha value is -1.75. The third-order valence-corrected chi connectivity index (χ3v) is 4.52. The van der Waals surface area contributed by atoms with Crippen molar-refractivity contribution in [2.24, 2.45) is 22.2 Å². The van der Waals surface area contributed by atoms with Crippen molar-refractivity contribution < 1.29 is 10.0 Å². The first-order chi connectivity index (χ1) is 9.85. The van der Waals surface area contributed by atoms with E-state index in [4.69, 9.17) is 22.5 Å². The minimum atomic E-state index is -0.0216. The van der Waals surface area contributed by atoms with Crippen molar-refractivity contribution in [3.8, 4) is 0 Å². The fourth-order valence-corrected chi connectivity index (χ4v) is 3.09. The largest absolute Gasteiger partial charge is 0.409 e. The minimum Gasteiger partial charge on any atom is -0.409 e. The molecule has 1 fully saturated rings. The monoisotopic (exact) mass is 309 g/mol. The molecule has 0 radical (unpaired) electrons. The number of rotatable bonds is 3. The van der Waals surface area contributed by atoms with Gasteiger partial charge in [-0.15, -0.1) is 0 Å². The summed E-state index contributed by atoms with van der Waals surface area (Å²) in [5.41, 5.74) is 6.56. The molecule has 4 N–H and O–H groups in total. The number of nitrogens with two attached hydrogens (primary N) is 1. The summed E-state index contributed by atoms with van der Waals surface area (Å²) in [6.45, 7) is 4.24. The molecule has 1 unspecified atom stereocenters. The number of anilines is 1. The highest BCUT2D eigenvalue weighted by Gasteiger charge is 2.39. The summed E-state index contributed by atoms with van der Waals surface area (Å²) in [5.74, 6) is -0.0278. The van der Waals surface area contributed by atoms with E-state index in [2.05, 4.69) is 24.3 Å². The van der Waals surface area contributed by atoms with Gasteiger partial charge >= 0.3 is 0 Å². The second-order valence-electron chi connectivity index (χ2n) is 6.10. The topological polar surface area (TPSA) is 87.7 Å². The number of oxime groups is 1. The molecular weight excluding hydrogens is 290 g/mol. The molecule has 0 saturated heterocycles. The number of carbonyl (C=O) groups is 1. The quantitative estimate of drug-likeness (QED) is 0.347. The Morgan fingerprint density at radius 1 is 1.52 bits per heavy atom. The molecule has 1 aromatic rings. The molecule has 0 aromatic heterocycles. The van der Waals surface area contributed by atoms with Crippen molar-refractivity contribution in [2.45, 2.75) is 33.1 Å². The number of nitrogens with one attached hydrogen (secondary N) is 1. The lowest BCUT2D eigenvalue weighted by atomic mass is 9.81. The highest BCUT2D eigenvalue weighted by molar-refractivity contribution is 6.34. The average molecular weight is 310 g/mol. The predicted octanol–water partition coefficient (Wildman–Crippen LogP) is 3.20. The number of hydrogen-bond donors (Lipinski definition) is 3. The van der Waals surface area contributed by atoms with E-state index in [1.54, 1.807) is 18.2 Å². The second kappa shape index (κ2) is 5.93. The summed E-state index contributed by atoms with van der Waals surface area (Å²) in [6, 6.07) is 4.87. The van der Waals surface area contributed by atoms with E-state index in [0.717, 1.165) is 19.3 Å². The molecule has 1 aliphatic carbocycles. The van der Waals surface area contributed by atoms with E-state index >= 15 is 0 Å². The molecule has 0 heterocycles. The minimum absolute atomic E-state index is 0.00248. The number of amidine groups is 1. The van der Waals surface area contributed by atoms with Gasteiger partial charge in [-0.2, -0.15) is 0 Å². The Kier molecular flexibility index (Phi) is 4.42. The fraction of sp³-hybridized carbons (Fsp3) is 0.467. The van der Waals surface area contributed by atoms with Crippen LogP contribution >= 0.6 is 11.6 Å². The zero-order valence-corrected chi connectivity index (χ0v) is 12.9. The lowest BCUT2D eigenvalue weighted by Gasteiger charge is -2.26. The van der Waals surface area contributed by atoms with Crippen LogP contribution in [-0.2, 0) is 4.79 Å². The van der Waals surface area contributed by atoms with E-state index in [-0.39, 0.29) is 23.1 Å². The summed E-state index contributed by atoms with van der Waals surface area (Å²) < 4.78 is 0. The zero-order valence-electron chi connectivity index (χ0n) is 12.2. The third kappa shape index (κ3) is 3.29. The van der Waals surface area contributed by atoms with Crippen LogP contribution in [0.1, 0.15) is 38.7 Å². The fourth-order valence-electron chi connectivity index (χ4n) is 2.87. The summed E-state index contributed by atoms with van der Waals surface area (Å²) in [6.07, 6.45) is 3.03. The van der Waals surface area contributed by atoms with Crippen molar-refractivity contribution in [1.29, 1.82) is 0 Å². The van der Waals surface area contributed by atoms with Crippen molar-refractivity contribution in [3.05, 3.63) is 28.8 Å². The molecule has 0 bridgehead atoms. The van der Waals surface area contributed by atoms with Crippen molar-refractivity contribution in [3.63, 3.8) is 0 Å². The van der Waals surface area contributed by atoms with Crippen molar-refractivity contribution in [1.82, 2.24) is 0 Å². The molecule has 1 atom stereocenters. The number of halogens is 1. The molecule has 6 heteroatoms. The second-order valence-corrected chi connectivity index (χ2v) is 6.51. The predicted molar refractivity (Wildman–Crippen MR) is 83.7 cm³/mol. The number of amides is 1. The maximum absolute atomic E-state index is 12.4. The Labute approximate surface area is 129 Å². The SMILES string of the molecule is CC1(C)CCCC1C(=O)Nc1ccc(/C(N)=N/O)cc1Cl. The van der Waals surface area contributed by atoms with Crippen molar-refractivity contribution in [2.75, 3.05) is 5.32 Å². The maximum atomic E-state index is 12.4. The molecule has 0 spiro atoms. The van der Waals surface area contributed by atoms with E-state index in [9.17, 15) is 4.79 Å². The van der Waals surface area contributed by atoms with Gasteiger partial charge in [0.25, 0.3) is 0 Å². The maximum Gasteiger partial charge on any atom is 0.228 e. The van der Waals surface area contributed by atoms with Gasteiger partial charge in [0.15, 0.2) is 5.84 Å². The molecule has 2 rings (SSSR count). The van der Waals surface area contributed by atoms with Gasteiger partial charge in [-0.25, -0.2) is 0 Å². The lowest BCUT2D eigenvalue weighted by molar-refractivity contribution is -0.122. The normalized spacial score (nSPS) is 21.3. The first-order valence-electron chi connectivity index (χ1n) is 6.93. The van der Waals surface area contributed by atoms with Gasteiger partial charge in [0.05, 0.1) is 10.7 Å². The van der Waals surface area contributed by atoms with Gasteiger partial charge in [0.2, 0.25) is 5.91 Å². The average Bonchev–Trinajstić information content (AvgIpc) is 2.79. The molecular formula is C15H20ClN3O2. The Balaban J connectivity index is 2.15. The smallest absolute Gasteiger partial charge is 0.228 e. The lowest BCUT2D eigenvalue weighted by Crippen LogP contribution is -2.30. The molecule has 21 heavy (non-hydrogen) atoms. The summed E-state index contributed by atoms with van der Waals surface area (Å²) in [7, 11) is 0. The van der Waals surface area contributed by atoms with E-state index in [1.807, 2.05) is 0 Å². The molecule has 5 nitrogen and oxygen atoms in total. The van der Waals surface area contributed by atoms with Crippen LogP contribution in [0.3, 0.4) is 0 Å². The van der Waals surface area contributed by atoms with Crippen LogP contribution in [0.4, 0.5) is 5.69 Å². The standard InChI is InChI=1S/C15H20ClN3O2/c1-15(2)7-3-4-10(15)14(20)18-12-6-5-9(8-11(12)16)13(17)19-21/h5-6,8,10,21H,3-4,7H2,1-2H3,(H2,17,19)(H,18,20). The molecule has 1 aromatic carbocycles. The van der Waals surface area contributed by atoms with Gasteiger partial charge < -0.3 is 16.3 Å². The molecule has 1 saturated carbocycles. The molecule has 0 aliphatic heterocycles. The Bertz CT molecular complexity index is 584. The molecule has 1 amide bonds. The summed E-state index contributed by atoms with van der Waals surface area (Å²) >= 11 is 6.15. The number of hydrogen-bond acceptors (Lipinski definition) is 3. The Morgan fingerprint density at radius 2 is 2.24 bits per heavy atom. The third-order valence-electron chi connectivity index (χ3n) is 4.20. The Morgan fingerprint density at radius 3 is 2.76 bits per heavy atom. The first-order valence-corrected chi connectivity index (χ1v) is 7.31. The van der Waals surface area contributed by atoms with Gasteiger partial charge in [-0.3, -0.25) is 4.79 Å². The van der Waals surface area contributed by atoms with E-state index in [1.165, 1.54) is 0 Å². The van der Waals surface area contributed by atoms with E-state index < -0.39 is 0 Å². The van der Waals surface area contributed by atoms with Crippen LogP contribution < -0.4 is 11.1 Å². The van der Waals surface area contributed by atoms with Crippen LogP contribution in [-0.4, -0.2) is 17.0 Å². The van der Waals surface area contributed by atoms with Gasteiger partial charge in [0.1, 0.15) is 0 Å². The number of carbonyl (C=O) groups excluding carboxylic acids is 1. The number of nitrogens with zero attached hydrogens (tertiary/aromatic N) is 1. The van der Waals surface area contributed by atoms with Crippen LogP contribution in [0.25, 0.3) is 0 Å². The first kappa shape index (κ1) is 15.6. The van der Waals surface area contributed by atoms with Gasteiger partial charge in [-0.05, 0) is 36.5 Å². The zero-order chi connectivity index (χ0) is 15.6. The van der Waals surface area contributed by atoms with Gasteiger partial charge in [0, 0.05) is 11.5 Å². The number of benzene rings is 1. The van der Waals surface area contributed by atoms with Crippen LogP contribution in [0, 0.1) is 11.3 Å². The van der Waals surface area contributed by atoms with Gasteiger partial charge in [-0.1, -0.05) is 37.0 Å². The molecule has 1 aliphatic rings. The van der Waals surface area contributed by atoms with Crippen LogP contribution in [0.2, 0.25) is 5.02 Å². The highest BCUT2D eigenvalue weighted by atomic mass is 35.5. The van der Waals surface area contributed by atoms with Crippen LogP contribution in [0.15, 0.2) is 23.4 Å². The van der Waals surface area contributed by atoms with Crippen LogP contribution in [0.5, 0.6) is 0 Å². The summed E-state index contributed by atoms with van der Waals surface area (Å²) in [4.78, 5) is 12.4. The summed E-state index contributed by atoms with van der Waals surface area (Å²) in [5, 5.41) is 14.8. The highest BCUT2D eigenvalue weighted by Crippen LogP contribution is 2.43. The van der Waals surface area contributed by atoms with E-state index in [0.29, 0.717) is 16.3 Å². The molecule has 114 valence electrons.